The number of sulfone groups is 1. The van der Waals surface area contributed by atoms with Crippen molar-refractivity contribution < 1.29 is 22.7 Å². The summed E-state index contributed by atoms with van der Waals surface area (Å²) in [6, 6.07) is 3.03. The topological polar surface area (TPSA) is 95.4 Å². The van der Waals surface area contributed by atoms with E-state index in [0.29, 0.717) is 5.39 Å². The molecule has 2 aromatic heterocycles. The lowest BCUT2D eigenvalue weighted by atomic mass is 10.2. The summed E-state index contributed by atoms with van der Waals surface area (Å²) in [5.74, 6) is -0.545. The summed E-state index contributed by atoms with van der Waals surface area (Å²) in [6.07, 6.45) is 2.46. The zero-order valence-electron chi connectivity index (χ0n) is 11.8. The van der Waals surface area contributed by atoms with Gasteiger partial charge in [-0.15, -0.1) is 0 Å². The predicted molar refractivity (Wildman–Crippen MR) is 75.2 cm³/mol. The van der Waals surface area contributed by atoms with Gasteiger partial charge in [-0.25, -0.2) is 23.2 Å². The number of hydrogen-bond acceptors (Lipinski definition) is 7. The Balaban J connectivity index is 2.81. The summed E-state index contributed by atoms with van der Waals surface area (Å²) in [6.45, 7) is 1.78. The van der Waals surface area contributed by atoms with Crippen molar-refractivity contribution in [2.45, 2.75) is 11.9 Å². The van der Waals surface area contributed by atoms with Crippen LogP contribution in [0.1, 0.15) is 17.3 Å². The van der Waals surface area contributed by atoms with E-state index in [1.54, 1.807) is 13.0 Å². The summed E-state index contributed by atoms with van der Waals surface area (Å²) >= 11 is 0. The van der Waals surface area contributed by atoms with Crippen molar-refractivity contribution in [3.63, 3.8) is 0 Å². The van der Waals surface area contributed by atoms with Crippen LogP contribution in [0.2, 0.25) is 0 Å². The molecule has 0 saturated carbocycles. The van der Waals surface area contributed by atoms with Crippen LogP contribution in [-0.2, 0) is 14.6 Å². The van der Waals surface area contributed by atoms with E-state index in [1.807, 2.05) is 0 Å². The first kappa shape index (κ1) is 15.2. The average Bonchev–Trinajstić information content (AvgIpc) is 2.44. The molecule has 0 aliphatic heterocycles. The monoisotopic (exact) mass is 310 g/mol. The SMILES string of the molecule is CCOC(=O)c1cc2ccnc(OC)c2nc1S(C)(=O)=O. The van der Waals surface area contributed by atoms with Crippen molar-refractivity contribution in [2.75, 3.05) is 20.0 Å². The Morgan fingerprint density at radius 1 is 1.38 bits per heavy atom. The second-order valence-electron chi connectivity index (χ2n) is 4.23. The highest BCUT2D eigenvalue weighted by Crippen LogP contribution is 2.26. The molecule has 8 heteroatoms. The maximum atomic E-state index is 11.9. The Labute approximate surface area is 121 Å². The Morgan fingerprint density at radius 2 is 2.10 bits per heavy atom. The van der Waals surface area contributed by atoms with Crippen molar-refractivity contribution in [3.8, 4) is 5.88 Å². The molecule has 2 rings (SSSR count). The predicted octanol–water partition coefficient (Wildman–Crippen LogP) is 1.22. The van der Waals surface area contributed by atoms with Gasteiger partial charge in [0.2, 0.25) is 5.88 Å². The molecule has 2 heterocycles. The van der Waals surface area contributed by atoms with E-state index in [9.17, 15) is 13.2 Å². The Kier molecular flexibility index (Phi) is 4.08. The molecule has 0 atom stereocenters. The number of carbonyl (C=O) groups is 1. The first-order valence-corrected chi connectivity index (χ1v) is 7.98. The summed E-state index contributed by atoms with van der Waals surface area (Å²) < 4.78 is 33.7. The number of fused-ring (bicyclic) bond motifs is 1. The highest BCUT2D eigenvalue weighted by Gasteiger charge is 2.23. The van der Waals surface area contributed by atoms with Crippen LogP contribution in [0.3, 0.4) is 0 Å². The molecule has 0 aromatic carbocycles. The number of aromatic nitrogens is 2. The van der Waals surface area contributed by atoms with Crippen LogP contribution in [0.25, 0.3) is 10.9 Å². The summed E-state index contributed by atoms with van der Waals surface area (Å²) in [5, 5.41) is 0.192. The molecule has 0 aliphatic carbocycles. The molecule has 0 unspecified atom stereocenters. The number of carbonyl (C=O) groups excluding carboxylic acids is 1. The lowest BCUT2D eigenvalue weighted by molar-refractivity contribution is 0.0521. The molecule has 0 spiro atoms. The molecule has 0 saturated heterocycles. The van der Waals surface area contributed by atoms with E-state index >= 15 is 0 Å². The lowest BCUT2D eigenvalue weighted by Crippen LogP contribution is -2.13. The normalized spacial score (nSPS) is 11.4. The van der Waals surface area contributed by atoms with Gasteiger partial charge in [0.15, 0.2) is 14.9 Å². The van der Waals surface area contributed by atoms with Crippen LogP contribution in [-0.4, -0.2) is 44.3 Å². The maximum absolute atomic E-state index is 11.9. The molecule has 0 radical (unpaired) electrons. The average molecular weight is 310 g/mol. The first-order chi connectivity index (χ1) is 9.88. The van der Waals surface area contributed by atoms with Gasteiger partial charge in [-0.1, -0.05) is 0 Å². The maximum Gasteiger partial charge on any atom is 0.341 e. The molecule has 21 heavy (non-hydrogen) atoms. The molecular weight excluding hydrogens is 296 g/mol. The molecule has 112 valence electrons. The standard InChI is InChI=1S/C13H14N2O5S/c1-4-20-13(16)9-7-8-5-6-14-11(19-2)10(8)15-12(9)21(3,17)18/h5-7H,4H2,1-3H3. The third kappa shape index (κ3) is 2.94. The van der Waals surface area contributed by atoms with Gasteiger partial charge in [0.1, 0.15) is 5.52 Å². The molecule has 2 aromatic rings. The Morgan fingerprint density at radius 3 is 2.67 bits per heavy atom. The van der Waals surface area contributed by atoms with Crippen molar-refractivity contribution >= 4 is 26.7 Å². The van der Waals surface area contributed by atoms with E-state index < -0.39 is 15.8 Å². The highest BCUT2D eigenvalue weighted by atomic mass is 32.2. The van der Waals surface area contributed by atoms with Crippen LogP contribution in [0.4, 0.5) is 0 Å². The number of esters is 1. The minimum absolute atomic E-state index is 0.0971. The second kappa shape index (κ2) is 5.65. The van der Waals surface area contributed by atoms with Crippen molar-refractivity contribution in [1.29, 1.82) is 0 Å². The molecule has 0 aliphatic rings. The molecule has 0 N–H and O–H groups in total. The van der Waals surface area contributed by atoms with Crippen LogP contribution in [0.15, 0.2) is 23.4 Å². The van der Waals surface area contributed by atoms with Gasteiger partial charge in [-0.05, 0) is 19.1 Å². The Hall–Kier alpha value is -2.22. The van der Waals surface area contributed by atoms with E-state index in [0.717, 1.165) is 6.26 Å². The van der Waals surface area contributed by atoms with E-state index in [1.165, 1.54) is 19.4 Å². The molecular formula is C13H14N2O5S. The van der Waals surface area contributed by atoms with Gasteiger partial charge in [-0.3, -0.25) is 0 Å². The zero-order valence-corrected chi connectivity index (χ0v) is 12.6. The fourth-order valence-electron chi connectivity index (χ4n) is 1.84. The molecule has 0 bridgehead atoms. The second-order valence-corrected chi connectivity index (χ2v) is 6.16. The van der Waals surface area contributed by atoms with Gasteiger partial charge in [-0.2, -0.15) is 0 Å². The van der Waals surface area contributed by atoms with Gasteiger partial charge < -0.3 is 9.47 Å². The molecule has 7 nitrogen and oxygen atoms in total. The van der Waals surface area contributed by atoms with Crippen LogP contribution in [0.5, 0.6) is 5.88 Å². The number of pyridine rings is 2. The third-order valence-corrected chi connectivity index (χ3v) is 3.72. The quantitative estimate of drug-likeness (QED) is 0.783. The highest BCUT2D eigenvalue weighted by molar-refractivity contribution is 7.90. The molecule has 0 amide bonds. The number of methoxy groups -OCH3 is 1. The largest absolute Gasteiger partial charge is 0.479 e. The van der Waals surface area contributed by atoms with Crippen molar-refractivity contribution in [1.82, 2.24) is 9.97 Å². The van der Waals surface area contributed by atoms with Crippen LogP contribution < -0.4 is 4.74 Å². The zero-order chi connectivity index (χ0) is 15.6. The van der Waals surface area contributed by atoms with E-state index in [-0.39, 0.29) is 28.6 Å². The number of ether oxygens (including phenoxy) is 2. The fourth-order valence-corrected chi connectivity index (χ4v) is 2.64. The lowest BCUT2D eigenvalue weighted by Gasteiger charge is -2.10. The van der Waals surface area contributed by atoms with Crippen LogP contribution >= 0.6 is 0 Å². The van der Waals surface area contributed by atoms with Gasteiger partial charge in [0.25, 0.3) is 0 Å². The van der Waals surface area contributed by atoms with Gasteiger partial charge >= 0.3 is 5.97 Å². The molecule has 0 fully saturated rings. The van der Waals surface area contributed by atoms with Gasteiger partial charge in [0.05, 0.1) is 19.3 Å². The Bertz CT molecular complexity index is 802. The number of rotatable bonds is 4. The van der Waals surface area contributed by atoms with Crippen molar-refractivity contribution in [3.05, 3.63) is 23.9 Å². The van der Waals surface area contributed by atoms with Crippen LogP contribution in [0, 0.1) is 0 Å². The van der Waals surface area contributed by atoms with E-state index in [4.69, 9.17) is 9.47 Å². The smallest absolute Gasteiger partial charge is 0.341 e. The summed E-state index contributed by atoms with van der Waals surface area (Å²) in [7, 11) is -2.30. The third-order valence-electron chi connectivity index (χ3n) is 2.71. The number of nitrogens with zero attached hydrogens (tertiary/aromatic N) is 2. The van der Waals surface area contributed by atoms with Gasteiger partial charge in [0, 0.05) is 17.8 Å². The summed E-state index contributed by atoms with van der Waals surface area (Å²) in [5.41, 5.74) is 0.175. The minimum atomic E-state index is -3.71. The minimum Gasteiger partial charge on any atom is -0.479 e. The number of hydrogen-bond donors (Lipinski definition) is 0. The first-order valence-electron chi connectivity index (χ1n) is 6.09. The van der Waals surface area contributed by atoms with E-state index in [2.05, 4.69) is 9.97 Å². The van der Waals surface area contributed by atoms with Crippen molar-refractivity contribution in [2.24, 2.45) is 0 Å². The summed E-state index contributed by atoms with van der Waals surface area (Å²) in [4.78, 5) is 19.9. The fraction of sp³-hybridized carbons (Fsp3) is 0.308.